The molecule has 0 spiro atoms. The number of amides is 3. The monoisotopic (exact) mass is 564 g/mol. The lowest BCUT2D eigenvalue weighted by Gasteiger charge is -2.34. The van der Waals surface area contributed by atoms with Gasteiger partial charge in [-0.25, -0.2) is 4.79 Å². The fraction of sp³-hybridized carbons (Fsp3) is 0.345. The van der Waals surface area contributed by atoms with Crippen LogP contribution in [0.4, 0.5) is 5.69 Å². The number of anilines is 1. The summed E-state index contributed by atoms with van der Waals surface area (Å²) in [5.41, 5.74) is 1.43. The van der Waals surface area contributed by atoms with Gasteiger partial charge in [-0.1, -0.05) is 30.3 Å². The number of rotatable bonds is 9. The number of benzene rings is 2. The van der Waals surface area contributed by atoms with Crippen LogP contribution >= 0.6 is 0 Å². The lowest BCUT2D eigenvalue weighted by atomic mass is 10.1. The first-order chi connectivity index (χ1) is 19.5. The standard InChI is InChI=1S/C29H32N4O8/c1-29(2,39)41-22(28(38)40-3)16-23(34)31-21-11-7-10-19-20(17-30-24(19)21)25(35)27(37)33-14-12-32(13-15-33)26(36)18-8-5-4-6-9-18/h4-11,17,22,30,39H,12-16H2,1-3H3,(H,31,34)/t22-/m0/s1. The lowest BCUT2D eigenvalue weighted by Crippen LogP contribution is -2.52. The number of para-hydroxylation sites is 1. The van der Waals surface area contributed by atoms with Gasteiger partial charge in [0.1, 0.15) is 0 Å². The number of aliphatic hydroxyl groups is 1. The Hall–Kier alpha value is -4.55. The molecular weight excluding hydrogens is 532 g/mol. The highest BCUT2D eigenvalue weighted by Gasteiger charge is 2.32. The van der Waals surface area contributed by atoms with E-state index in [2.05, 4.69) is 15.0 Å². The Morgan fingerprint density at radius 2 is 1.63 bits per heavy atom. The van der Waals surface area contributed by atoms with Gasteiger partial charge in [-0.05, 0) is 32.0 Å². The van der Waals surface area contributed by atoms with E-state index in [0.29, 0.717) is 35.2 Å². The highest BCUT2D eigenvalue weighted by atomic mass is 16.6. The summed E-state index contributed by atoms with van der Waals surface area (Å²) in [6.45, 7) is 3.71. The molecule has 12 heteroatoms. The van der Waals surface area contributed by atoms with Crippen molar-refractivity contribution < 1.29 is 38.6 Å². The highest BCUT2D eigenvalue weighted by Crippen LogP contribution is 2.27. The zero-order chi connectivity index (χ0) is 29.7. The number of fused-ring (bicyclic) bond motifs is 1. The highest BCUT2D eigenvalue weighted by molar-refractivity contribution is 6.45. The van der Waals surface area contributed by atoms with Crippen LogP contribution in [0.1, 0.15) is 41.0 Å². The third-order valence-corrected chi connectivity index (χ3v) is 6.57. The van der Waals surface area contributed by atoms with Crippen molar-refractivity contribution in [1.82, 2.24) is 14.8 Å². The number of hydrogen-bond donors (Lipinski definition) is 3. The Balaban J connectivity index is 1.42. The molecule has 1 atom stereocenters. The first-order valence-corrected chi connectivity index (χ1v) is 13.0. The number of piperazine rings is 1. The maximum absolute atomic E-state index is 13.2. The topological polar surface area (TPSA) is 158 Å². The maximum atomic E-state index is 13.2. The van der Waals surface area contributed by atoms with Gasteiger partial charge in [0.15, 0.2) is 11.9 Å². The number of aromatic amines is 1. The van der Waals surface area contributed by atoms with Crippen LogP contribution in [0.2, 0.25) is 0 Å². The zero-order valence-corrected chi connectivity index (χ0v) is 23.0. The summed E-state index contributed by atoms with van der Waals surface area (Å²) in [6, 6.07) is 13.7. The molecule has 1 aromatic heterocycles. The van der Waals surface area contributed by atoms with Crippen molar-refractivity contribution in [3.8, 4) is 0 Å². The number of carbonyl (C=O) groups excluding carboxylic acids is 5. The van der Waals surface area contributed by atoms with Crippen LogP contribution < -0.4 is 5.32 Å². The molecule has 0 saturated carbocycles. The molecule has 216 valence electrons. The molecule has 3 N–H and O–H groups in total. The lowest BCUT2D eigenvalue weighted by molar-refractivity contribution is -0.216. The molecule has 2 aromatic carbocycles. The third kappa shape index (κ3) is 6.97. The zero-order valence-electron chi connectivity index (χ0n) is 23.0. The number of H-pyrrole nitrogens is 1. The number of nitrogens with one attached hydrogen (secondary N) is 2. The molecule has 0 radical (unpaired) electrons. The van der Waals surface area contributed by atoms with Crippen LogP contribution in [-0.2, 0) is 23.9 Å². The second kappa shape index (κ2) is 12.3. The fourth-order valence-corrected chi connectivity index (χ4v) is 4.60. The molecular formula is C29H32N4O8. The third-order valence-electron chi connectivity index (χ3n) is 6.57. The number of nitrogens with zero attached hydrogens (tertiary/aromatic N) is 2. The molecule has 41 heavy (non-hydrogen) atoms. The summed E-state index contributed by atoms with van der Waals surface area (Å²) in [7, 11) is 1.14. The van der Waals surface area contributed by atoms with E-state index in [-0.39, 0.29) is 24.6 Å². The van der Waals surface area contributed by atoms with Crippen molar-refractivity contribution in [2.75, 3.05) is 38.6 Å². The van der Waals surface area contributed by atoms with E-state index in [1.165, 1.54) is 24.9 Å². The van der Waals surface area contributed by atoms with Crippen molar-refractivity contribution in [3.05, 3.63) is 65.9 Å². The summed E-state index contributed by atoms with van der Waals surface area (Å²) in [5, 5.41) is 13.0. The Morgan fingerprint density at radius 3 is 2.27 bits per heavy atom. The normalized spacial score (nSPS) is 14.4. The van der Waals surface area contributed by atoms with Gasteiger partial charge in [0.25, 0.3) is 17.6 Å². The molecule has 0 unspecified atom stereocenters. The van der Waals surface area contributed by atoms with Crippen molar-refractivity contribution in [2.24, 2.45) is 0 Å². The average Bonchev–Trinajstić information content (AvgIpc) is 3.40. The second-order valence-corrected chi connectivity index (χ2v) is 10.0. The molecule has 1 saturated heterocycles. The van der Waals surface area contributed by atoms with Crippen molar-refractivity contribution in [2.45, 2.75) is 32.2 Å². The summed E-state index contributed by atoms with van der Waals surface area (Å²) >= 11 is 0. The van der Waals surface area contributed by atoms with Crippen LogP contribution in [0.5, 0.6) is 0 Å². The van der Waals surface area contributed by atoms with Crippen LogP contribution in [0.25, 0.3) is 10.9 Å². The Morgan fingerprint density at radius 1 is 0.976 bits per heavy atom. The molecule has 3 amide bonds. The minimum absolute atomic E-state index is 0.125. The number of ketones is 1. The van der Waals surface area contributed by atoms with Crippen LogP contribution in [0.3, 0.4) is 0 Å². The minimum Gasteiger partial charge on any atom is -0.467 e. The van der Waals surface area contributed by atoms with Crippen molar-refractivity contribution in [1.29, 1.82) is 0 Å². The first kappa shape index (κ1) is 29.4. The molecule has 12 nitrogen and oxygen atoms in total. The van der Waals surface area contributed by atoms with Crippen molar-refractivity contribution in [3.63, 3.8) is 0 Å². The first-order valence-electron chi connectivity index (χ1n) is 13.0. The Bertz CT molecular complexity index is 1450. The van der Waals surface area contributed by atoms with Crippen molar-refractivity contribution >= 4 is 46.1 Å². The van der Waals surface area contributed by atoms with Gasteiger partial charge in [-0.2, -0.15) is 0 Å². The second-order valence-electron chi connectivity index (χ2n) is 10.0. The van der Waals surface area contributed by atoms with E-state index in [1.807, 2.05) is 6.07 Å². The molecule has 4 rings (SSSR count). The summed E-state index contributed by atoms with van der Waals surface area (Å²) in [6.07, 6.45) is -0.373. The predicted molar refractivity (Wildman–Crippen MR) is 148 cm³/mol. The smallest absolute Gasteiger partial charge is 0.335 e. The molecule has 3 aromatic rings. The SMILES string of the molecule is COC(=O)[C@H](CC(=O)Nc1cccc2c(C(=O)C(=O)N3CCN(C(=O)c4ccccc4)CC3)c[nH]c12)OC(C)(C)O. The maximum Gasteiger partial charge on any atom is 0.335 e. The van der Waals surface area contributed by atoms with Gasteiger partial charge < -0.3 is 34.7 Å². The molecule has 1 aliphatic rings. The fourth-order valence-electron chi connectivity index (χ4n) is 4.60. The number of esters is 1. The van der Waals surface area contributed by atoms with Gasteiger partial charge in [0, 0.05) is 43.3 Å². The van der Waals surface area contributed by atoms with Crippen LogP contribution in [0, 0.1) is 0 Å². The van der Waals surface area contributed by atoms with Crippen LogP contribution in [0.15, 0.2) is 54.7 Å². The Kier molecular flexibility index (Phi) is 8.84. The molecule has 1 aliphatic heterocycles. The van der Waals surface area contributed by atoms with Crippen LogP contribution in [-0.4, -0.2) is 94.5 Å². The van der Waals surface area contributed by atoms with Gasteiger partial charge in [0.2, 0.25) is 5.91 Å². The van der Waals surface area contributed by atoms with E-state index in [4.69, 9.17) is 4.74 Å². The number of aromatic nitrogens is 1. The van der Waals surface area contributed by atoms with Gasteiger partial charge in [0.05, 0.1) is 30.3 Å². The molecule has 0 bridgehead atoms. The van der Waals surface area contributed by atoms with E-state index in [9.17, 15) is 29.1 Å². The number of Topliss-reactive ketones (excluding diaryl/α,β-unsaturated/α-hetero) is 1. The quantitative estimate of drug-likeness (QED) is 0.154. The van der Waals surface area contributed by atoms with Gasteiger partial charge >= 0.3 is 5.97 Å². The van der Waals surface area contributed by atoms with Gasteiger partial charge in [-0.15, -0.1) is 0 Å². The van der Waals surface area contributed by atoms with E-state index < -0.39 is 41.9 Å². The summed E-state index contributed by atoms with van der Waals surface area (Å²) < 4.78 is 9.92. The number of methoxy groups -OCH3 is 1. The van der Waals surface area contributed by atoms with E-state index in [1.54, 1.807) is 47.4 Å². The number of carbonyl (C=O) groups is 5. The average molecular weight is 565 g/mol. The minimum atomic E-state index is -1.68. The molecule has 0 aliphatic carbocycles. The van der Waals surface area contributed by atoms with E-state index in [0.717, 1.165) is 7.11 Å². The number of hydrogen-bond acceptors (Lipinski definition) is 8. The summed E-state index contributed by atoms with van der Waals surface area (Å²) in [5.74, 6) is -4.62. The summed E-state index contributed by atoms with van der Waals surface area (Å²) in [4.78, 5) is 69.8. The number of ether oxygens (including phenoxy) is 2. The van der Waals surface area contributed by atoms with E-state index >= 15 is 0 Å². The molecule has 1 fully saturated rings. The Labute approximate surface area is 236 Å². The predicted octanol–water partition coefficient (Wildman–Crippen LogP) is 1.95. The molecule has 2 heterocycles. The van der Waals surface area contributed by atoms with Gasteiger partial charge in [-0.3, -0.25) is 19.2 Å². The largest absolute Gasteiger partial charge is 0.467 e.